The van der Waals surface area contributed by atoms with E-state index in [4.69, 9.17) is 5.84 Å². The van der Waals surface area contributed by atoms with E-state index in [-0.39, 0.29) is 5.56 Å². The molecule has 0 aliphatic heterocycles. The van der Waals surface area contributed by atoms with Gasteiger partial charge in [-0.15, -0.1) is 0 Å². The third-order valence-electron chi connectivity index (χ3n) is 2.40. The molecule has 0 aliphatic rings. The van der Waals surface area contributed by atoms with Crippen LogP contribution in [0.25, 0.3) is 0 Å². The van der Waals surface area contributed by atoms with Gasteiger partial charge in [0.25, 0.3) is 0 Å². The van der Waals surface area contributed by atoms with Crippen molar-refractivity contribution in [2.45, 2.75) is 6.04 Å². The first-order valence-electron chi connectivity index (χ1n) is 4.90. The van der Waals surface area contributed by atoms with Crippen LogP contribution in [-0.2, 0) is 0 Å². The second kappa shape index (κ2) is 4.94. The largest absolute Gasteiger partial charge is 0.271 e. The summed E-state index contributed by atoms with van der Waals surface area (Å²) in [6.45, 7) is 0. The second-order valence-corrected chi connectivity index (χ2v) is 3.42. The molecular formula is C11H10F2N4. The van der Waals surface area contributed by atoms with Gasteiger partial charge in [0.2, 0.25) is 0 Å². The Bertz CT molecular complexity index is 504. The maximum atomic E-state index is 13.6. The molecule has 2 rings (SSSR count). The van der Waals surface area contributed by atoms with Gasteiger partial charge in [-0.1, -0.05) is 12.1 Å². The lowest BCUT2D eigenvalue weighted by atomic mass is 10.0. The molecule has 2 aromatic rings. The average molecular weight is 236 g/mol. The Hall–Kier alpha value is -1.92. The van der Waals surface area contributed by atoms with Crippen LogP contribution < -0.4 is 11.3 Å². The summed E-state index contributed by atoms with van der Waals surface area (Å²) in [5.41, 5.74) is 3.16. The Morgan fingerprint density at radius 3 is 2.65 bits per heavy atom. The van der Waals surface area contributed by atoms with Crippen LogP contribution in [0.15, 0.2) is 36.7 Å². The molecule has 0 amide bonds. The summed E-state index contributed by atoms with van der Waals surface area (Å²) in [5, 5.41) is 7.28. The molecule has 1 unspecified atom stereocenters. The molecule has 0 bridgehead atoms. The van der Waals surface area contributed by atoms with Crippen molar-refractivity contribution in [3.05, 3.63) is 59.4 Å². The first-order chi connectivity index (χ1) is 8.24. The molecule has 1 aromatic carbocycles. The number of nitrogens with two attached hydrogens (primary N) is 1. The van der Waals surface area contributed by atoms with Gasteiger partial charge < -0.3 is 0 Å². The molecule has 0 radical (unpaired) electrons. The first-order valence-corrected chi connectivity index (χ1v) is 4.90. The molecular weight excluding hydrogens is 226 g/mol. The van der Waals surface area contributed by atoms with E-state index < -0.39 is 17.7 Å². The zero-order valence-electron chi connectivity index (χ0n) is 8.77. The van der Waals surface area contributed by atoms with Gasteiger partial charge in [-0.25, -0.2) is 14.2 Å². The Kier molecular flexibility index (Phi) is 3.36. The molecule has 0 saturated heterocycles. The quantitative estimate of drug-likeness (QED) is 0.623. The number of hydrogen-bond acceptors (Lipinski definition) is 4. The van der Waals surface area contributed by atoms with Crippen molar-refractivity contribution >= 4 is 0 Å². The van der Waals surface area contributed by atoms with E-state index in [1.54, 1.807) is 6.07 Å². The molecule has 3 N–H and O–H groups in total. The van der Waals surface area contributed by atoms with Gasteiger partial charge >= 0.3 is 0 Å². The lowest BCUT2D eigenvalue weighted by molar-refractivity contribution is 0.482. The first kappa shape index (κ1) is 11.6. The maximum absolute atomic E-state index is 13.6. The zero-order chi connectivity index (χ0) is 12.3. The van der Waals surface area contributed by atoms with Crippen molar-refractivity contribution in [1.29, 1.82) is 0 Å². The lowest BCUT2D eigenvalue weighted by Gasteiger charge is -2.16. The Morgan fingerprint density at radius 2 is 2.00 bits per heavy atom. The van der Waals surface area contributed by atoms with Gasteiger partial charge in [0.1, 0.15) is 0 Å². The van der Waals surface area contributed by atoms with Crippen LogP contribution in [0.2, 0.25) is 0 Å². The summed E-state index contributed by atoms with van der Waals surface area (Å²) in [7, 11) is 0. The number of rotatable bonds is 3. The number of hydrazine groups is 1. The van der Waals surface area contributed by atoms with Crippen LogP contribution in [-0.4, -0.2) is 10.2 Å². The van der Waals surface area contributed by atoms with Crippen LogP contribution in [0.1, 0.15) is 17.2 Å². The molecule has 0 saturated carbocycles. The zero-order valence-corrected chi connectivity index (χ0v) is 8.77. The highest BCUT2D eigenvalue weighted by Crippen LogP contribution is 2.24. The summed E-state index contributed by atoms with van der Waals surface area (Å²) in [4.78, 5) is 0. The number of nitrogens with one attached hydrogen (secondary N) is 1. The molecule has 1 atom stereocenters. The molecule has 0 aliphatic carbocycles. The number of hydrogen-bond donors (Lipinski definition) is 2. The molecule has 0 spiro atoms. The monoisotopic (exact) mass is 236 g/mol. The van der Waals surface area contributed by atoms with E-state index in [0.29, 0.717) is 5.56 Å². The minimum absolute atomic E-state index is 0.125. The molecule has 0 fully saturated rings. The molecule has 1 aromatic heterocycles. The van der Waals surface area contributed by atoms with Gasteiger partial charge in [-0.3, -0.25) is 5.84 Å². The second-order valence-electron chi connectivity index (χ2n) is 3.42. The third kappa shape index (κ3) is 2.27. The standard InChI is InChI=1S/C11H10F2N4/c12-9-3-1-2-8(10(9)13)11(17-14)7-4-5-15-16-6-7/h1-6,11,17H,14H2. The predicted octanol–water partition coefficient (Wildman–Crippen LogP) is 1.31. The van der Waals surface area contributed by atoms with Crippen molar-refractivity contribution in [1.82, 2.24) is 15.6 Å². The summed E-state index contributed by atoms with van der Waals surface area (Å²) >= 11 is 0. The van der Waals surface area contributed by atoms with Crippen molar-refractivity contribution in [2.24, 2.45) is 5.84 Å². The van der Waals surface area contributed by atoms with E-state index in [1.165, 1.54) is 24.5 Å². The number of aromatic nitrogens is 2. The maximum Gasteiger partial charge on any atom is 0.163 e. The van der Waals surface area contributed by atoms with Gasteiger partial charge in [-0.2, -0.15) is 10.2 Å². The van der Waals surface area contributed by atoms with E-state index in [1.807, 2.05) is 0 Å². The fourth-order valence-electron chi connectivity index (χ4n) is 1.58. The van der Waals surface area contributed by atoms with E-state index in [9.17, 15) is 8.78 Å². The van der Waals surface area contributed by atoms with Crippen molar-refractivity contribution in [3.63, 3.8) is 0 Å². The van der Waals surface area contributed by atoms with Gasteiger partial charge in [-0.05, 0) is 17.7 Å². The summed E-state index contributed by atoms with van der Waals surface area (Å²) in [5.74, 6) is 3.53. The van der Waals surface area contributed by atoms with Crippen LogP contribution in [0.5, 0.6) is 0 Å². The summed E-state index contributed by atoms with van der Waals surface area (Å²) in [6, 6.07) is 4.90. The minimum atomic E-state index is -0.924. The van der Waals surface area contributed by atoms with Gasteiger partial charge in [0.15, 0.2) is 11.6 Å². The van der Waals surface area contributed by atoms with E-state index in [2.05, 4.69) is 15.6 Å². The Balaban J connectivity index is 2.46. The highest BCUT2D eigenvalue weighted by Gasteiger charge is 2.18. The van der Waals surface area contributed by atoms with Crippen LogP contribution in [0.3, 0.4) is 0 Å². The van der Waals surface area contributed by atoms with Crippen molar-refractivity contribution in [3.8, 4) is 0 Å². The number of halogens is 2. The molecule has 6 heteroatoms. The topological polar surface area (TPSA) is 63.8 Å². The van der Waals surface area contributed by atoms with Crippen molar-refractivity contribution in [2.75, 3.05) is 0 Å². The van der Waals surface area contributed by atoms with Crippen molar-refractivity contribution < 1.29 is 8.78 Å². The summed E-state index contributed by atoms with van der Waals surface area (Å²) in [6.07, 6.45) is 2.89. The fourth-order valence-corrected chi connectivity index (χ4v) is 1.58. The fraction of sp³-hybridized carbons (Fsp3) is 0.0909. The highest BCUT2D eigenvalue weighted by molar-refractivity contribution is 5.30. The van der Waals surface area contributed by atoms with Gasteiger partial charge in [0, 0.05) is 11.8 Å². The minimum Gasteiger partial charge on any atom is -0.271 e. The summed E-state index contributed by atoms with van der Waals surface area (Å²) < 4.78 is 26.7. The Labute approximate surface area is 96.5 Å². The molecule has 1 heterocycles. The smallest absolute Gasteiger partial charge is 0.163 e. The SMILES string of the molecule is NNC(c1ccnnc1)c1cccc(F)c1F. The van der Waals surface area contributed by atoms with Crippen LogP contribution >= 0.6 is 0 Å². The van der Waals surface area contributed by atoms with E-state index >= 15 is 0 Å². The third-order valence-corrected chi connectivity index (χ3v) is 2.40. The number of nitrogens with zero attached hydrogens (tertiary/aromatic N) is 2. The van der Waals surface area contributed by atoms with E-state index in [0.717, 1.165) is 6.07 Å². The van der Waals surface area contributed by atoms with Crippen LogP contribution in [0.4, 0.5) is 8.78 Å². The molecule has 88 valence electrons. The number of benzene rings is 1. The molecule has 17 heavy (non-hydrogen) atoms. The van der Waals surface area contributed by atoms with Crippen LogP contribution in [0, 0.1) is 11.6 Å². The average Bonchev–Trinajstić information content (AvgIpc) is 2.37. The van der Waals surface area contributed by atoms with Gasteiger partial charge in [0.05, 0.1) is 12.2 Å². The Morgan fingerprint density at radius 1 is 1.18 bits per heavy atom. The lowest BCUT2D eigenvalue weighted by Crippen LogP contribution is -2.29. The predicted molar refractivity (Wildman–Crippen MR) is 57.6 cm³/mol. The highest BCUT2D eigenvalue weighted by atomic mass is 19.2. The molecule has 4 nitrogen and oxygen atoms in total. The normalized spacial score (nSPS) is 12.4.